The average Bonchev–Trinajstić information content (AvgIpc) is 2.60. The minimum atomic E-state index is -0.251. The fourth-order valence-electron chi connectivity index (χ4n) is 2.75. The maximum absolute atomic E-state index is 14.0. The van der Waals surface area contributed by atoms with E-state index in [4.69, 9.17) is 17.3 Å². The van der Waals surface area contributed by atoms with Gasteiger partial charge in [-0.05, 0) is 24.5 Å². The van der Waals surface area contributed by atoms with Crippen LogP contribution in [0, 0.1) is 11.7 Å². The Hall–Kier alpha value is -0.640. The number of rotatable bonds is 3. The van der Waals surface area contributed by atoms with Crippen molar-refractivity contribution < 1.29 is 4.39 Å². The van der Waals surface area contributed by atoms with Crippen molar-refractivity contribution in [3.63, 3.8) is 0 Å². The van der Waals surface area contributed by atoms with Crippen molar-refractivity contribution in [1.29, 1.82) is 0 Å². The number of nitrogens with two attached hydrogens (primary N) is 1. The Labute approximate surface area is 113 Å². The molecule has 2 rings (SSSR count). The second-order valence-electron chi connectivity index (χ2n) is 5.42. The summed E-state index contributed by atoms with van der Waals surface area (Å²) in [6.45, 7) is 6.14. The van der Waals surface area contributed by atoms with Gasteiger partial charge in [0, 0.05) is 29.7 Å². The van der Waals surface area contributed by atoms with E-state index in [1.54, 1.807) is 12.1 Å². The highest BCUT2D eigenvalue weighted by Gasteiger charge is 2.35. The summed E-state index contributed by atoms with van der Waals surface area (Å²) in [4.78, 5) is 2.25. The molecule has 1 saturated heterocycles. The second-order valence-corrected chi connectivity index (χ2v) is 5.83. The molecule has 2 unspecified atom stereocenters. The van der Waals surface area contributed by atoms with Gasteiger partial charge in [0.2, 0.25) is 0 Å². The van der Waals surface area contributed by atoms with Gasteiger partial charge in [0.15, 0.2) is 0 Å². The van der Waals surface area contributed by atoms with E-state index in [2.05, 4.69) is 18.7 Å². The van der Waals surface area contributed by atoms with Gasteiger partial charge in [-0.15, -0.1) is 0 Å². The Bertz CT molecular complexity index is 402. The molecule has 1 heterocycles. The molecule has 4 heteroatoms. The van der Waals surface area contributed by atoms with Crippen LogP contribution in [-0.4, -0.2) is 24.0 Å². The number of halogens is 2. The molecule has 0 spiro atoms. The maximum atomic E-state index is 14.0. The number of likely N-dealkylation sites (tertiary alicyclic amines) is 1. The molecule has 1 aliphatic heterocycles. The molecule has 0 amide bonds. The minimum Gasteiger partial charge on any atom is -0.326 e. The minimum absolute atomic E-state index is 0.0434. The zero-order valence-electron chi connectivity index (χ0n) is 10.9. The van der Waals surface area contributed by atoms with Gasteiger partial charge in [-0.3, -0.25) is 4.90 Å². The Morgan fingerprint density at radius 2 is 2.22 bits per heavy atom. The summed E-state index contributed by atoms with van der Waals surface area (Å²) in [5.41, 5.74) is 6.71. The summed E-state index contributed by atoms with van der Waals surface area (Å²) in [5.74, 6) is 0.280. The predicted molar refractivity (Wildman–Crippen MR) is 73.2 cm³/mol. The Morgan fingerprint density at radius 1 is 1.50 bits per heavy atom. The first kappa shape index (κ1) is 13.8. The lowest BCUT2D eigenvalue weighted by molar-refractivity contribution is 0.217. The summed E-state index contributed by atoms with van der Waals surface area (Å²) in [6.07, 6.45) is 0.891. The molecule has 18 heavy (non-hydrogen) atoms. The van der Waals surface area contributed by atoms with E-state index >= 15 is 0 Å². The number of nitrogens with zero attached hydrogens (tertiary/aromatic N) is 1. The lowest BCUT2D eigenvalue weighted by atomic mass is 9.99. The SMILES string of the molecule is CC(C)CN1CCC(N)C1c1c(F)cccc1Cl. The van der Waals surface area contributed by atoms with Crippen LogP contribution in [0.1, 0.15) is 31.9 Å². The highest BCUT2D eigenvalue weighted by molar-refractivity contribution is 6.31. The summed E-state index contributed by atoms with van der Waals surface area (Å²) in [7, 11) is 0. The van der Waals surface area contributed by atoms with E-state index in [0.717, 1.165) is 19.5 Å². The van der Waals surface area contributed by atoms with Gasteiger partial charge in [0.05, 0.1) is 6.04 Å². The molecule has 0 radical (unpaired) electrons. The summed E-state index contributed by atoms with van der Waals surface area (Å²) in [6, 6.07) is 4.69. The fourth-order valence-corrected chi connectivity index (χ4v) is 3.02. The van der Waals surface area contributed by atoms with Crippen molar-refractivity contribution in [3.05, 3.63) is 34.6 Å². The van der Waals surface area contributed by atoms with Crippen molar-refractivity contribution in [2.24, 2.45) is 11.7 Å². The topological polar surface area (TPSA) is 29.3 Å². The average molecular weight is 271 g/mol. The van der Waals surface area contributed by atoms with Crippen LogP contribution in [0.25, 0.3) is 0 Å². The third kappa shape index (κ3) is 2.68. The van der Waals surface area contributed by atoms with Crippen LogP contribution in [0.5, 0.6) is 0 Å². The first-order valence-electron chi connectivity index (χ1n) is 6.44. The van der Waals surface area contributed by atoms with Crippen LogP contribution in [0.3, 0.4) is 0 Å². The van der Waals surface area contributed by atoms with Crippen molar-refractivity contribution in [2.45, 2.75) is 32.4 Å². The van der Waals surface area contributed by atoms with Gasteiger partial charge in [0.25, 0.3) is 0 Å². The Kier molecular flexibility index (Phi) is 4.25. The zero-order chi connectivity index (χ0) is 13.3. The lowest BCUT2D eigenvalue weighted by Crippen LogP contribution is -2.34. The molecule has 1 aromatic carbocycles. The van der Waals surface area contributed by atoms with Crippen molar-refractivity contribution >= 4 is 11.6 Å². The molecule has 1 aromatic rings. The van der Waals surface area contributed by atoms with E-state index in [-0.39, 0.29) is 17.9 Å². The molecule has 2 nitrogen and oxygen atoms in total. The predicted octanol–water partition coefficient (Wildman–Crippen LogP) is 3.21. The largest absolute Gasteiger partial charge is 0.326 e. The van der Waals surface area contributed by atoms with Gasteiger partial charge in [-0.1, -0.05) is 31.5 Å². The molecule has 0 aromatic heterocycles. The van der Waals surface area contributed by atoms with Crippen LogP contribution in [0.4, 0.5) is 4.39 Å². The molecule has 0 aliphatic carbocycles. The standard InChI is InChI=1S/C14H20ClFN2/c1-9(2)8-18-7-6-12(17)14(18)13-10(15)4-3-5-11(13)16/h3-5,9,12,14H,6-8,17H2,1-2H3. The van der Waals surface area contributed by atoms with Crippen LogP contribution in [-0.2, 0) is 0 Å². The summed E-state index contributed by atoms with van der Waals surface area (Å²) < 4.78 is 14.0. The van der Waals surface area contributed by atoms with E-state index in [9.17, 15) is 4.39 Å². The van der Waals surface area contributed by atoms with Gasteiger partial charge in [-0.25, -0.2) is 4.39 Å². The third-order valence-corrected chi connectivity index (χ3v) is 3.77. The van der Waals surface area contributed by atoms with Crippen LogP contribution in [0.2, 0.25) is 5.02 Å². The first-order valence-corrected chi connectivity index (χ1v) is 6.82. The van der Waals surface area contributed by atoms with Crippen LogP contribution in [0.15, 0.2) is 18.2 Å². The molecule has 0 bridgehead atoms. The fraction of sp³-hybridized carbons (Fsp3) is 0.571. The second kappa shape index (κ2) is 5.55. The van der Waals surface area contributed by atoms with E-state index < -0.39 is 0 Å². The van der Waals surface area contributed by atoms with Crippen molar-refractivity contribution in [3.8, 4) is 0 Å². The van der Waals surface area contributed by atoms with Gasteiger partial charge in [-0.2, -0.15) is 0 Å². The zero-order valence-corrected chi connectivity index (χ0v) is 11.6. The monoisotopic (exact) mass is 270 g/mol. The van der Waals surface area contributed by atoms with Crippen LogP contribution >= 0.6 is 11.6 Å². The molecule has 2 atom stereocenters. The highest BCUT2D eigenvalue weighted by atomic mass is 35.5. The number of benzene rings is 1. The maximum Gasteiger partial charge on any atom is 0.129 e. The molecule has 1 aliphatic rings. The first-order chi connectivity index (χ1) is 8.50. The lowest BCUT2D eigenvalue weighted by Gasteiger charge is -2.29. The molecule has 100 valence electrons. The van der Waals surface area contributed by atoms with E-state index in [1.165, 1.54) is 6.07 Å². The Morgan fingerprint density at radius 3 is 2.83 bits per heavy atom. The van der Waals surface area contributed by atoms with Gasteiger partial charge < -0.3 is 5.73 Å². The van der Waals surface area contributed by atoms with Crippen molar-refractivity contribution in [2.75, 3.05) is 13.1 Å². The third-order valence-electron chi connectivity index (χ3n) is 3.44. The molecular formula is C14H20ClFN2. The molecular weight excluding hydrogens is 251 g/mol. The molecule has 0 saturated carbocycles. The van der Waals surface area contributed by atoms with Crippen molar-refractivity contribution in [1.82, 2.24) is 4.90 Å². The van der Waals surface area contributed by atoms with Crippen LogP contribution < -0.4 is 5.73 Å². The normalized spacial score (nSPS) is 25.0. The van der Waals surface area contributed by atoms with E-state index in [0.29, 0.717) is 16.5 Å². The van der Waals surface area contributed by atoms with Gasteiger partial charge >= 0.3 is 0 Å². The molecule has 1 fully saturated rings. The number of hydrogen-bond acceptors (Lipinski definition) is 2. The molecule has 2 N–H and O–H groups in total. The Balaban J connectivity index is 2.34. The van der Waals surface area contributed by atoms with Gasteiger partial charge in [0.1, 0.15) is 5.82 Å². The quantitative estimate of drug-likeness (QED) is 0.914. The smallest absolute Gasteiger partial charge is 0.129 e. The number of hydrogen-bond donors (Lipinski definition) is 1. The van der Waals surface area contributed by atoms with E-state index in [1.807, 2.05) is 0 Å². The summed E-state index contributed by atoms with van der Waals surface area (Å²) in [5, 5.41) is 0.478. The summed E-state index contributed by atoms with van der Waals surface area (Å²) >= 11 is 6.15. The highest BCUT2D eigenvalue weighted by Crippen LogP contribution is 2.37.